The SMILES string of the molecule is CC(C)NC(=O)c1ccc(NCCc2ccc(S(N)(=O)=O)cc2)cn1. The van der Waals surface area contributed by atoms with Gasteiger partial charge in [0.1, 0.15) is 5.69 Å². The third kappa shape index (κ3) is 5.84. The lowest BCUT2D eigenvalue weighted by Crippen LogP contribution is -2.30. The fourth-order valence-corrected chi connectivity index (χ4v) is 2.68. The van der Waals surface area contributed by atoms with Crippen LogP contribution in [0.5, 0.6) is 0 Å². The third-order valence-corrected chi connectivity index (χ3v) is 4.34. The van der Waals surface area contributed by atoms with Gasteiger partial charge in [0.05, 0.1) is 16.8 Å². The Kier molecular flexibility index (Phi) is 6.11. The first-order chi connectivity index (χ1) is 11.8. The van der Waals surface area contributed by atoms with Gasteiger partial charge in [0.15, 0.2) is 0 Å². The minimum atomic E-state index is -3.66. The highest BCUT2D eigenvalue weighted by molar-refractivity contribution is 7.89. The summed E-state index contributed by atoms with van der Waals surface area (Å²) in [5, 5.41) is 11.1. The van der Waals surface area contributed by atoms with Gasteiger partial charge in [-0.25, -0.2) is 18.5 Å². The fourth-order valence-electron chi connectivity index (χ4n) is 2.17. The van der Waals surface area contributed by atoms with Gasteiger partial charge in [0, 0.05) is 12.6 Å². The number of carbonyl (C=O) groups is 1. The summed E-state index contributed by atoms with van der Waals surface area (Å²) in [5.41, 5.74) is 2.17. The molecule has 8 heteroatoms. The van der Waals surface area contributed by atoms with Gasteiger partial charge in [-0.15, -0.1) is 0 Å². The van der Waals surface area contributed by atoms with E-state index in [0.29, 0.717) is 18.7 Å². The number of nitrogens with two attached hydrogens (primary N) is 1. The summed E-state index contributed by atoms with van der Waals surface area (Å²) in [6, 6.07) is 9.99. The number of carbonyl (C=O) groups excluding carboxylic acids is 1. The van der Waals surface area contributed by atoms with Crippen LogP contribution in [-0.2, 0) is 16.4 Å². The summed E-state index contributed by atoms with van der Waals surface area (Å²) in [4.78, 5) is 16.1. The summed E-state index contributed by atoms with van der Waals surface area (Å²) in [7, 11) is -3.66. The summed E-state index contributed by atoms with van der Waals surface area (Å²) in [6.45, 7) is 4.43. The van der Waals surface area contributed by atoms with E-state index in [1.165, 1.54) is 12.1 Å². The zero-order chi connectivity index (χ0) is 18.4. The number of aromatic nitrogens is 1. The van der Waals surface area contributed by atoms with E-state index in [1.54, 1.807) is 30.5 Å². The van der Waals surface area contributed by atoms with Gasteiger partial charge < -0.3 is 10.6 Å². The molecule has 1 amide bonds. The fraction of sp³-hybridized carbons (Fsp3) is 0.294. The van der Waals surface area contributed by atoms with E-state index in [2.05, 4.69) is 15.6 Å². The minimum Gasteiger partial charge on any atom is -0.383 e. The summed E-state index contributed by atoms with van der Waals surface area (Å²) in [6.07, 6.45) is 2.32. The topological polar surface area (TPSA) is 114 Å². The van der Waals surface area contributed by atoms with E-state index in [4.69, 9.17) is 5.14 Å². The van der Waals surface area contributed by atoms with Crippen molar-refractivity contribution in [1.29, 1.82) is 0 Å². The summed E-state index contributed by atoms with van der Waals surface area (Å²) < 4.78 is 22.4. The Balaban J connectivity index is 1.86. The Morgan fingerprint density at radius 1 is 1.16 bits per heavy atom. The third-order valence-electron chi connectivity index (χ3n) is 3.41. The van der Waals surface area contributed by atoms with Crippen LogP contribution in [0.15, 0.2) is 47.5 Å². The quantitative estimate of drug-likeness (QED) is 0.691. The molecule has 0 radical (unpaired) electrons. The van der Waals surface area contributed by atoms with Crippen molar-refractivity contribution in [3.63, 3.8) is 0 Å². The maximum absolute atomic E-state index is 11.8. The molecule has 0 unspecified atom stereocenters. The van der Waals surface area contributed by atoms with Crippen molar-refractivity contribution in [1.82, 2.24) is 10.3 Å². The van der Waals surface area contributed by atoms with E-state index in [1.807, 2.05) is 13.8 Å². The number of hydrogen-bond acceptors (Lipinski definition) is 5. The van der Waals surface area contributed by atoms with E-state index >= 15 is 0 Å². The van der Waals surface area contributed by atoms with Crippen LogP contribution in [0.1, 0.15) is 29.9 Å². The second-order valence-corrected chi connectivity index (χ2v) is 7.49. The molecule has 0 saturated carbocycles. The van der Waals surface area contributed by atoms with Crippen LogP contribution in [0.4, 0.5) is 5.69 Å². The number of rotatable bonds is 7. The van der Waals surface area contributed by atoms with Gasteiger partial charge in [0.25, 0.3) is 5.91 Å². The zero-order valence-corrected chi connectivity index (χ0v) is 15.0. The van der Waals surface area contributed by atoms with Gasteiger partial charge >= 0.3 is 0 Å². The van der Waals surface area contributed by atoms with Crippen LogP contribution in [0.3, 0.4) is 0 Å². The van der Waals surface area contributed by atoms with Gasteiger partial charge in [-0.3, -0.25) is 4.79 Å². The molecule has 2 rings (SSSR count). The molecule has 1 aromatic heterocycles. The second kappa shape index (κ2) is 8.09. The normalized spacial score (nSPS) is 11.4. The average Bonchev–Trinajstić information content (AvgIpc) is 2.54. The molecule has 7 nitrogen and oxygen atoms in total. The van der Waals surface area contributed by atoms with Crippen LogP contribution in [0.2, 0.25) is 0 Å². The van der Waals surface area contributed by atoms with Crippen molar-refractivity contribution >= 4 is 21.6 Å². The number of nitrogens with zero attached hydrogens (tertiary/aromatic N) is 1. The van der Waals surface area contributed by atoms with Crippen molar-refractivity contribution in [3.05, 3.63) is 53.9 Å². The number of amides is 1. The highest BCUT2D eigenvalue weighted by Crippen LogP contribution is 2.10. The number of sulfonamides is 1. The molecule has 0 spiro atoms. The number of nitrogens with one attached hydrogen (secondary N) is 2. The molecule has 25 heavy (non-hydrogen) atoms. The number of anilines is 1. The predicted octanol–water partition coefficient (Wildman–Crippen LogP) is 1.52. The van der Waals surface area contributed by atoms with Crippen molar-refractivity contribution < 1.29 is 13.2 Å². The molecule has 0 saturated heterocycles. The predicted molar refractivity (Wildman–Crippen MR) is 96.8 cm³/mol. The van der Waals surface area contributed by atoms with E-state index < -0.39 is 10.0 Å². The van der Waals surface area contributed by atoms with E-state index in [0.717, 1.165) is 11.3 Å². The molecule has 1 aromatic carbocycles. The highest BCUT2D eigenvalue weighted by Gasteiger charge is 2.08. The van der Waals surface area contributed by atoms with Crippen LogP contribution < -0.4 is 15.8 Å². The molecule has 4 N–H and O–H groups in total. The van der Waals surface area contributed by atoms with Crippen molar-refractivity contribution in [2.45, 2.75) is 31.2 Å². The Hall–Kier alpha value is -2.45. The van der Waals surface area contributed by atoms with Crippen LogP contribution in [-0.4, -0.2) is 31.9 Å². The molecule has 0 atom stereocenters. The maximum atomic E-state index is 11.8. The standard InChI is InChI=1S/C17H22N4O3S/c1-12(2)21-17(22)16-8-5-14(11-20-16)19-10-9-13-3-6-15(7-4-13)25(18,23)24/h3-8,11-12,19H,9-10H2,1-2H3,(H,21,22)(H2,18,23,24). The molecule has 1 heterocycles. The largest absolute Gasteiger partial charge is 0.383 e. The monoisotopic (exact) mass is 362 g/mol. The molecule has 0 bridgehead atoms. The Morgan fingerprint density at radius 3 is 2.36 bits per heavy atom. The van der Waals surface area contributed by atoms with E-state index in [9.17, 15) is 13.2 Å². The number of pyridine rings is 1. The van der Waals surface area contributed by atoms with Gasteiger partial charge in [0.2, 0.25) is 10.0 Å². The Bertz CT molecular complexity index is 816. The smallest absolute Gasteiger partial charge is 0.270 e. The Labute approximate surface area is 147 Å². The summed E-state index contributed by atoms with van der Waals surface area (Å²) in [5.74, 6) is -0.198. The molecule has 0 aliphatic rings. The number of benzene rings is 1. The molecular weight excluding hydrogens is 340 g/mol. The first-order valence-corrected chi connectivity index (χ1v) is 9.43. The van der Waals surface area contributed by atoms with Crippen LogP contribution in [0.25, 0.3) is 0 Å². The van der Waals surface area contributed by atoms with Gasteiger partial charge in [-0.2, -0.15) is 0 Å². The first-order valence-electron chi connectivity index (χ1n) is 7.88. The summed E-state index contributed by atoms with van der Waals surface area (Å²) >= 11 is 0. The number of hydrogen-bond donors (Lipinski definition) is 3. The second-order valence-electron chi connectivity index (χ2n) is 5.93. The number of primary sulfonamides is 1. The van der Waals surface area contributed by atoms with Crippen molar-refractivity contribution in [2.24, 2.45) is 5.14 Å². The van der Waals surface area contributed by atoms with Crippen molar-refractivity contribution in [3.8, 4) is 0 Å². The lowest BCUT2D eigenvalue weighted by molar-refractivity contribution is 0.0938. The molecular formula is C17H22N4O3S. The molecule has 0 aliphatic carbocycles. The maximum Gasteiger partial charge on any atom is 0.270 e. The Morgan fingerprint density at radius 2 is 1.84 bits per heavy atom. The van der Waals surface area contributed by atoms with Crippen molar-refractivity contribution in [2.75, 3.05) is 11.9 Å². The highest BCUT2D eigenvalue weighted by atomic mass is 32.2. The zero-order valence-electron chi connectivity index (χ0n) is 14.2. The first kappa shape index (κ1) is 18.9. The molecule has 134 valence electrons. The van der Waals surface area contributed by atoms with Crippen LogP contribution in [0, 0.1) is 0 Å². The molecule has 0 aliphatic heterocycles. The molecule has 2 aromatic rings. The average molecular weight is 362 g/mol. The lowest BCUT2D eigenvalue weighted by Gasteiger charge is -2.09. The van der Waals surface area contributed by atoms with Gasteiger partial charge in [-0.1, -0.05) is 12.1 Å². The lowest BCUT2D eigenvalue weighted by atomic mass is 10.1. The molecule has 0 fully saturated rings. The van der Waals surface area contributed by atoms with E-state index in [-0.39, 0.29) is 16.8 Å². The van der Waals surface area contributed by atoms with Crippen LogP contribution >= 0.6 is 0 Å². The van der Waals surface area contributed by atoms with Gasteiger partial charge in [-0.05, 0) is 50.1 Å². The minimum absolute atomic E-state index is 0.0627.